The molecule has 30 heavy (non-hydrogen) atoms. The summed E-state index contributed by atoms with van der Waals surface area (Å²) in [7, 11) is 0. The van der Waals surface area contributed by atoms with Gasteiger partial charge in [0.2, 0.25) is 17.7 Å². The number of carbonyl (C=O) groups is 4. The number of carbonyl (C=O) groups excluding carboxylic acids is 3. The maximum atomic E-state index is 12.2. The number of nitrogens with one attached hydrogen (secondary N) is 4. The zero-order valence-corrected chi connectivity index (χ0v) is 17.2. The summed E-state index contributed by atoms with van der Waals surface area (Å²) in [6.45, 7) is 0.916. The number of aliphatic carboxylic acids is 1. The molecule has 2 rings (SSSR count). The summed E-state index contributed by atoms with van der Waals surface area (Å²) in [6, 6.07) is 4.61. The molecule has 1 aromatic carbocycles. The highest BCUT2D eigenvalue weighted by atomic mass is 32.1. The summed E-state index contributed by atoms with van der Waals surface area (Å²) < 4.78 is 0. The molecule has 2 aromatic rings. The Kier molecular flexibility index (Phi) is 8.25. The van der Waals surface area contributed by atoms with Crippen molar-refractivity contribution in [3.05, 3.63) is 36.0 Å². The molecule has 7 N–H and O–H groups in total. The van der Waals surface area contributed by atoms with Crippen molar-refractivity contribution in [2.75, 3.05) is 12.3 Å². The fourth-order valence-corrected chi connectivity index (χ4v) is 3.00. The Bertz CT molecular complexity index is 931. The molecule has 0 aliphatic carbocycles. The first-order valence-corrected chi connectivity index (χ1v) is 9.87. The third-order valence-corrected chi connectivity index (χ3v) is 4.80. The standard InChI is InChI=1S/C19H25N5O5S/c1-10(19(28)29)23-18(27)15(9-30)24-16(25)8-22-17(26)13(20)6-11-7-21-14-5-3-2-4-12(11)14/h2-5,7,10,13,15,21,30H,6,8-9,20H2,1H3,(H,22,26)(H,23,27)(H,24,25)(H,28,29). The Morgan fingerprint density at radius 1 is 1.17 bits per heavy atom. The Morgan fingerprint density at radius 3 is 2.53 bits per heavy atom. The molecule has 3 amide bonds. The molecule has 3 atom stereocenters. The van der Waals surface area contributed by atoms with Gasteiger partial charge in [-0.15, -0.1) is 0 Å². The minimum Gasteiger partial charge on any atom is -0.480 e. The molecule has 162 valence electrons. The van der Waals surface area contributed by atoms with Crippen molar-refractivity contribution in [2.45, 2.75) is 31.5 Å². The lowest BCUT2D eigenvalue weighted by Crippen LogP contribution is -2.54. The molecule has 1 heterocycles. The van der Waals surface area contributed by atoms with Gasteiger partial charge in [0.25, 0.3) is 0 Å². The number of aromatic amines is 1. The maximum Gasteiger partial charge on any atom is 0.325 e. The summed E-state index contributed by atoms with van der Waals surface area (Å²) in [6.07, 6.45) is 2.07. The number of aromatic nitrogens is 1. The second kappa shape index (κ2) is 10.6. The van der Waals surface area contributed by atoms with E-state index in [2.05, 4.69) is 33.6 Å². The van der Waals surface area contributed by atoms with Gasteiger partial charge in [-0.2, -0.15) is 12.6 Å². The predicted octanol–water partition coefficient (Wildman–Crippen LogP) is -0.842. The minimum atomic E-state index is -1.20. The average Bonchev–Trinajstić information content (AvgIpc) is 3.12. The van der Waals surface area contributed by atoms with Crippen LogP contribution in [-0.4, -0.2) is 64.2 Å². The quantitative estimate of drug-likeness (QED) is 0.240. The van der Waals surface area contributed by atoms with E-state index in [1.807, 2.05) is 24.3 Å². The van der Waals surface area contributed by atoms with Gasteiger partial charge in [0.1, 0.15) is 12.1 Å². The van der Waals surface area contributed by atoms with Crippen LogP contribution in [0.1, 0.15) is 12.5 Å². The van der Waals surface area contributed by atoms with Crippen LogP contribution in [0.2, 0.25) is 0 Å². The predicted molar refractivity (Wildman–Crippen MR) is 114 cm³/mol. The van der Waals surface area contributed by atoms with Crippen LogP contribution in [0.3, 0.4) is 0 Å². The van der Waals surface area contributed by atoms with E-state index < -0.39 is 41.8 Å². The summed E-state index contributed by atoms with van der Waals surface area (Å²) in [5.41, 5.74) is 7.78. The van der Waals surface area contributed by atoms with Crippen LogP contribution >= 0.6 is 12.6 Å². The van der Waals surface area contributed by atoms with Crippen molar-refractivity contribution in [1.29, 1.82) is 0 Å². The van der Waals surface area contributed by atoms with Crippen molar-refractivity contribution in [1.82, 2.24) is 20.9 Å². The van der Waals surface area contributed by atoms with Crippen LogP contribution in [0, 0.1) is 0 Å². The number of carboxylic acids is 1. The van der Waals surface area contributed by atoms with Gasteiger partial charge in [-0.3, -0.25) is 19.2 Å². The highest BCUT2D eigenvalue weighted by Crippen LogP contribution is 2.18. The van der Waals surface area contributed by atoms with Gasteiger partial charge in [-0.1, -0.05) is 18.2 Å². The number of amides is 3. The molecule has 0 aliphatic heterocycles. The fourth-order valence-electron chi connectivity index (χ4n) is 2.74. The van der Waals surface area contributed by atoms with Crippen molar-refractivity contribution in [3.63, 3.8) is 0 Å². The second-order valence-corrected chi connectivity index (χ2v) is 7.12. The molecular weight excluding hydrogens is 410 g/mol. The SMILES string of the molecule is CC(NC(=O)C(CS)NC(=O)CNC(=O)C(N)Cc1c[nH]c2ccccc12)C(=O)O. The summed E-state index contributed by atoms with van der Waals surface area (Å²) >= 11 is 3.99. The smallest absolute Gasteiger partial charge is 0.325 e. The summed E-state index contributed by atoms with van der Waals surface area (Å²) in [5, 5.41) is 16.9. The van der Waals surface area contributed by atoms with E-state index in [4.69, 9.17) is 10.8 Å². The summed E-state index contributed by atoms with van der Waals surface area (Å²) in [5.74, 6) is -3.07. The zero-order valence-electron chi connectivity index (χ0n) is 16.3. The summed E-state index contributed by atoms with van der Waals surface area (Å²) in [4.78, 5) is 50.2. The van der Waals surface area contributed by atoms with E-state index in [9.17, 15) is 19.2 Å². The van der Waals surface area contributed by atoms with Crippen LogP contribution in [0.4, 0.5) is 0 Å². The number of hydrogen-bond acceptors (Lipinski definition) is 6. The molecule has 3 unspecified atom stereocenters. The highest BCUT2D eigenvalue weighted by Gasteiger charge is 2.23. The normalized spacial score (nSPS) is 13.8. The van der Waals surface area contributed by atoms with E-state index in [1.54, 1.807) is 6.20 Å². The van der Waals surface area contributed by atoms with Crippen LogP contribution in [0.5, 0.6) is 0 Å². The van der Waals surface area contributed by atoms with Crippen molar-refractivity contribution >= 4 is 47.2 Å². The largest absolute Gasteiger partial charge is 0.480 e. The van der Waals surface area contributed by atoms with Gasteiger partial charge in [0.05, 0.1) is 12.6 Å². The molecule has 0 saturated heterocycles. The van der Waals surface area contributed by atoms with Crippen LogP contribution in [-0.2, 0) is 25.6 Å². The topological polar surface area (TPSA) is 166 Å². The van der Waals surface area contributed by atoms with E-state index in [0.717, 1.165) is 16.5 Å². The first-order valence-electron chi connectivity index (χ1n) is 9.24. The third-order valence-electron chi connectivity index (χ3n) is 4.44. The molecule has 0 spiro atoms. The number of carboxylic acid groups (broad SMARTS) is 1. The molecule has 0 fully saturated rings. The van der Waals surface area contributed by atoms with Gasteiger partial charge in [-0.25, -0.2) is 0 Å². The van der Waals surface area contributed by atoms with Crippen molar-refractivity contribution in [2.24, 2.45) is 5.73 Å². The number of H-pyrrole nitrogens is 1. The molecular formula is C19H25N5O5S. The molecule has 10 nitrogen and oxygen atoms in total. The lowest BCUT2D eigenvalue weighted by Gasteiger charge is -2.18. The lowest BCUT2D eigenvalue weighted by atomic mass is 10.1. The molecule has 1 aromatic heterocycles. The minimum absolute atomic E-state index is 0.0437. The second-order valence-electron chi connectivity index (χ2n) is 6.76. The average molecular weight is 436 g/mol. The van der Waals surface area contributed by atoms with Crippen molar-refractivity contribution in [3.8, 4) is 0 Å². The van der Waals surface area contributed by atoms with E-state index in [1.165, 1.54) is 6.92 Å². The molecule has 0 aliphatic rings. The van der Waals surface area contributed by atoms with E-state index in [-0.39, 0.29) is 18.7 Å². The number of benzene rings is 1. The lowest BCUT2D eigenvalue weighted by molar-refractivity contribution is -0.141. The maximum absolute atomic E-state index is 12.2. The highest BCUT2D eigenvalue weighted by molar-refractivity contribution is 7.80. The van der Waals surface area contributed by atoms with Crippen molar-refractivity contribution < 1.29 is 24.3 Å². The Labute approximate surface area is 178 Å². The number of thiol groups is 1. The number of fused-ring (bicyclic) bond motifs is 1. The number of nitrogens with two attached hydrogens (primary N) is 1. The van der Waals surface area contributed by atoms with Crippen LogP contribution in [0.15, 0.2) is 30.5 Å². The molecule has 11 heteroatoms. The van der Waals surface area contributed by atoms with Crippen LogP contribution in [0.25, 0.3) is 10.9 Å². The first kappa shape index (κ1) is 23.2. The fraction of sp³-hybridized carbons (Fsp3) is 0.368. The van der Waals surface area contributed by atoms with E-state index >= 15 is 0 Å². The van der Waals surface area contributed by atoms with Crippen LogP contribution < -0.4 is 21.7 Å². The zero-order chi connectivity index (χ0) is 22.3. The Hall–Kier alpha value is -3.05. The number of hydrogen-bond donors (Lipinski definition) is 7. The third kappa shape index (κ3) is 6.22. The number of para-hydroxylation sites is 1. The van der Waals surface area contributed by atoms with Gasteiger partial charge in [0, 0.05) is 22.9 Å². The van der Waals surface area contributed by atoms with Gasteiger partial charge in [0.15, 0.2) is 0 Å². The van der Waals surface area contributed by atoms with Gasteiger partial charge < -0.3 is 31.8 Å². The molecule has 0 bridgehead atoms. The molecule has 0 radical (unpaired) electrons. The Balaban J connectivity index is 1.83. The first-order chi connectivity index (χ1) is 14.2. The number of rotatable bonds is 10. The molecule has 0 saturated carbocycles. The monoisotopic (exact) mass is 435 g/mol. The Morgan fingerprint density at radius 2 is 1.87 bits per heavy atom. The van der Waals surface area contributed by atoms with Gasteiger partial charge in [-0.05, 0) is 25.0 Å². The van der Waals surface area contributed by atoms with Gasteiger partial charge >= 0.3 is 5.97 Å². The van der Waals surface area contributed by atoms with E-state index in [0.29, 0.717) is 0 Å².